The van der Waals surface area contributed by atoms with Crippen LogP contribution >= 0.6 is 11.6 Å². The summed E-state index contributed by atoms with van der Waals surface area (Å²) in [7, 11) is -0.493. The monoisotopic (exact) mass is 566 g/mol. The first-order valence-electron chi connectivity index (χ1n) is 12.2. The SMILES string of the molecule is CN(C)CC[C@H](COc1ccc(F)cc1)Nc1c(Cl)cc(S(=O)(=O)NC(=O)[C@@]2(C)CCCCO2)cc1C#N. The number of carbonyl (C=O) groups excluding carboxylic acids is 1. The molecule has 2 N–H and O–H groups in total. The van der Waals surface area contributed by atoms with Crippen LogP contribution in [-0.4, -0.2) is 64.7 Å². The molecule has 9 nitrogen and oxygen atoms in total. The molecule has 0 aromatic heterocycles. The van der Waals surface area contributed by atoms with Gasteiger partial charge in [-0.15, -0.1) is 0 Å². The molecular weight excluding hydrogens is 535 g/mol. The van der Waals surface area contributed by atoms with Crippen LogP contribution < -0.4 is 14.8 Å². The lowest BCUT2D eigenvalue weighted by Crippen LogP contribution is -2.50. The summed E-state index contributed by atoms with van der Waals surface area (Å²) in [6.45, 7) is 2.78. The molecule has 1 fully saturated rings. The van der Waals surface area contributed by atoms with Crippen LogP contribution in [0.3, 0.4) is 0 Å². The first-order chi connectivity index (χ1) is 17.9. The number of hydrogen-bond acceptors (Lipinski definition) is 8. The van der Waals surface area contributed by atoms with Gasteiger partial charge in [-0.2, -0.15) is 5.26 Å². The standard InChI is InChI=1S/C26H32ClFN4O5S/c1-26(11-4-5-13-37-26)25(33)31-38(34,35)22-14-18(16-29)24(23(27)15-22)30-20(10-12-32(2)3)17-36-21-8-6-19(28)7-9-21/h6-9,14-15,20,30H,4-5,10-13,17H2,1-3H3,(H,31,33)/t20-,26-/m1/s1. The van der Waals surface area contributed by atoms with E-state index in [0.29, 0.717) is 31.7 Å². The normalized spacial score (nSPS) is 18.4. The average molecular weight is 567 g/mol. The number of nitrogens with one attached hydrogen (secondary N) is 2. The summed E-state index contributed by atoms with van der Waals surface area (Å²) in [4.78, 5) is 14.4. The molecule has 206 valence electrons. The van der Waals surface area contributed by atoms with E-state index in [-0.39, 0.29) is 39.6 Å². The van der Waals surface area contributed by atoms with Gasteiger partial charge >= 0.3 is 0 Å². The zero-order chi connectivity index (χ0) is 27.9. The van der Waals surface area contributed by atoms with Crippen LogP contribution in [0.5, 0.6) is 5.75 Å². The van der Waals surface area contributed by atoms with Gasteiger partial charge in [0.2, 0.25) is 0 Å². The number of halogens is 2. The Morgan fingerprint density at radius 3 is 2.61 bits per heavy atom. The minimum absolute atomic E-state index is 0.00589. The molecule has 1 aliphatic heterocycles. The second-order valence-electron chi connectivity index (χ2n) is 9.61. The molecule has 0 aliphatic carbocycles. The van der Waals surface area contributed by atoms with E-state index < -0.39 is 21.5 Å². The van der Waals surface area contributed by atoms with Gasteiger partial charge in [-0.3, -0.25) is 4.79 Å². The number of rotatable bonds is 11. The minimum Gasteiger partial charge on any atom is -0.491 e. The Labute approximate surface area is 227 Å². The highest BCUT2D eigenvalue weighted by Crippen LogP contribution is 2.31. The first-order valence-corrected chi connectivity index (χ1v) is 14.0. The Bertz CT molecular complexity index is 1280. The third-order valence-corrected chi connectivity index (χ3v) is 7.82. The summed E-state index contributed by atoms with van der Waals surface area (Å²) in [5.74, 6) is -0.671. The Morgan fingerprint density at radius 2 is 2.00 bits per heavy atom. The van der Waals surface area contributed by atoms with Gasteiger partial charge in [-0.1, -0.05) is 11.6 Å². The predicted octanol–water partition coefficient (Wildman–Crippen LogP) is 3.93. The van der Waals surface area contributed by atoms with Crippen molar-refractivity contribution in [2.45, 2.75) is 49.1 Å². The minimum atomic E-state index is -4.32. The summed E-state index contributed by atoms with van der Waals surface area (Å²) >= 11 is 6.46. The van der Waals surface area contributed by atoms with Crippen LogP contribution in [0.25, 0.3) is 0 Å². The Kier molecular flexibility index (Phi) is 9.95. The molecule has 1 aliphatic rings. The van der Waals surface area contributed by atoms with Crippen LogP contribution in [0.1, 0.15) is 38.2 Å². The van der Waals surface area contributed by atoms with Gasteiger partial charge in [-0.05, 0) is 89.6 Å². The zero-order valence-corrected chi connectivity index (χ0v) is 23.2. The van der Waals surface area contributed by atoms with Crippen molar-refractivity contribution in [2.75, 3.05) is 39.2 Å². The van der Waals surface area contributed by atoms with Gasteiger partial charge in [-0.25, -0.2) is 17.5 Å². The van der Waals surface area contributed by atoms with Gasteiger partial charge in [0, 0.05) is 6.61 Å². The number of hydrogen-bond donors (Lipinski definition) is 2. The van der Waals surface area contributed by atoms with Crippen LogP contribution in [0, 0.1) is 17.1 Å². The zero-order valence-electron chi connectivity index (χ0n) is 21.6. The van der Waals surface area contributed by atoms with Crippen LogP contribution in [0.2, 0.25) is 5.02 Å². The molecule has 1 saturated heterocycles. The Hall–Kier alpha value is -2.91. The Balaban J connectivity index is 1.81. The molecule has 38 heavy (non-hydrogen) atoms. The van der Waals surface area contributed by atoms with E-state index in [4.69, 9.17) is 21.1 Å². The summed E-state index contributed by atoms with van der Waals surface area (Å²) in [6.07, 6.45) is 2.55. The summed E-state index contributed by atoms with van der Waals surface area (Å²) in [5, 5.41) is 13.0. The van der Waals surface area contributed by atoms with E-state index in [0.717, 1.165) is 18.9 Å². The fraction of sp³-hybridized carbons (Fsp3) is 0.462. The highest BCUT2D eigenvalue weighted by molar-refractivity contribution is 7.90. The largest absolute Gasteiger partial charge is 0.491 e. The van der Waals surface area contributed by atoms with Crippen molar-refractivity contribution in [3.63, 3.8) is 0 Å². The number of benzene rings is 2. The van der Waals surface area contributed by atoms with Crippen molar-refractivity contribution in [3.8, 4) is 11.8 Å². The lowest BCUT2D eigenvalue weighted by Gasteiger charge is -2.32. The third-order valence-electron chi connectivity index (χ3n) is 6.21. The molecule has 1 amide bonds. The topological polar surface area (TPSA) is 121 Å². The van der Waals surface area contributed by atoms with Crippen molar-refractivity contribution in [2.24, 2.45) is 0 Å². The molecule has 0 unspecified atom stereocenters. The van der Waals surface area contributed by atoms with Crippen LogP contribution in [0.4, 0.5) is 10.1 Å². The smallest absolute Gasteiger partial charge is 0.265 e. The van der Waals surface area contributed by atoms with E-state index in [1.807, 2.05) is 25.1 Å². The van der Waals surface area contributed by atoms with Crippen molar-refractivity contribution in [1.29, 1.82) is 5.26 Å². The predicted molar refractivity (Wildman–Crippen MR) is 142 cm³/mol. The van der Waals surface area contributed by atoms with E-state index in [9.17, 15) is 22.9 Å². The number of anilines is 1. The van der Waals surface area contributed by atoms with E-state index in [1.54, 1.807) is 6.92 Å². The molecule has 0 saturated carbocycles. The molecule has 1 heterocycles. The van der Waals surface area contributed by atoms with Crippen molar-refractivity contribution < 1.29 is 27.1 Å². The Morgan fingerprint density at radius 1 is 1.29 bits per heavy atom. The maximum atomic E-state index is 13.2. The quantitative estimate of drug-likeness (QED) is 0.420. The van der Waals surface area contributed by atoms with Gasteiger partial charge in [0.15, 0.2) is 0 Å². The van der Waals surface area contributed by atoms with Crippen molar-refractivity contribution >= 4 is 33.2 Å². The molecule has 2 atom stereocenters. The number of ether oxygens (including phenoxy) is 2. The summed E-state index contributed by atoms with van der Waals surface area (Å²) in [6, 6.07) is 9.62. The number of sulfonamides is 1. The number of carbonyl (C=O) groups is 1. The van der Waals surface area contributed by atoms with Gasteiger partial charge < -0.3 is 19.7 Å². The highest BCUT2D eigenvalue weighted by Gasteiger charge is 2.38. The first kappa shape index (κ1) is 29.6. The van der Waals surface area contributed by atoms with Gasteiger partial charge in [0.05, 0.1) is 27.2 Å². The van der Waals surface area contributed by atoms with E-state index in [2.05, 4.69) is 10.0 Å². The van der Waals surface area contributed by atoms with E-state index in [1.165, 1.54) is 30.3 Å². The van der Waals surface area contributed by atoms with Gasteiger partial charge in [0.25, 0.3) is 15.9 Å². The highest BCUT2D eigenvalue weighted by atomic mass is 35.5. The fourth-order valence-corrected chi connectivity index (χ4v) is 5.38. The molecule has 12 heteroatoms. The van der Waals surface area contributed by atoms with Crippen LogP contribution in [0.15, 0.2) is 41.3 Å². The second kappa shape index (κ2) is 12.8. The van der Waals surface area contributed by atoms with Gasteiger partial charge in [0.1, 0.15) is 29.8 Å². The average Bonchev–Trinajstić information content (AvgIpc) is 2.87. The van der Waals surface area contributed by atoms with Crippen LogP contribution in [-0.2, 0) is 19.6 Å². The molecular formula is C26H32ClFN4O5S. The third kappa shape index (κ3) is 7.80. The molecule has 3 rings (SSSR count). The molecule has 0 spiro atoms. The number of nitriles is 1. The van der Waals surface area contributed by atoms with Crippen molar-refractivity contribution in [3.05, 3.63) is 52.8 Å². The number of nitrogens with zero attached hydrogens (tertiary/aromatic N) is 2. The summed E-state index contributed by atoms with van der Waals surface area (Å²) in [5.41, 5.74) is -1.02. The molecule has 0 bridgehead atoms. The second-order valence-corrected chi connectivity index (χ2v) is 11.7. The maximum Gasteiger partial charge on any atom is 0.265 e. The molecule has 2 aromatic rings. The molecule has 2 aromatic carbocycles. The molecule has 0 radical (unpaired) electrons. The lowest BCUT2D eigenvalue weighted by atomic mass is 9.95. The summed E-state index contributed by atoms with van der Waals surface area (Å²) < 4.78 is 52.7. The van der Waals surface area contributed by atoms with Crippen molar-refractivity contribution in [1.82, 2.24) is 9.62 Å². The lowest BCUT2D eigenvalue weighted by molar-refractivity contribution is -0.148. The maximum absolute atomic E-state index is 13.2. The number of amides is 1. The van der Waals surface area contributed by atoms with E-state index >= 15 is 0 Å². The fourth-order valence-electron chi connectivity index (χ4n) is 3.92.